The summed E-state index contributed by atoms with van der Waals surface area (Å²) in [5.41, 5.74) is 3.82. The van der Waals surface area contributed by atoms with E-state index in [-0.39, 0.29) is 24.1 Å². The molecule has 4 atom stereocenters. The summed E-state index contributed by atoms with van der Waals surface area (Å²) < 4.78 is 18.4. The minimum Gasteiger partial charge on any atom is -0.456 e. The van der Waals surface area contributed by atoms with Gasteiger partial charge in [-0.3, -0.25) is 20.0 Å². The van der Waals surface area contributed by atoms with Crippen molar-refractivity contribution in [2.75, 3.05) is 19.8 Å². The van der Waals surface area contributed by atoms with Gasteiger partial charge in [0.25, 0.3) is 5.91 Å². The van der Waals surface area contributed by atoms with Crippen molar-refractivity contribution >= 4 is 23.5 Å². The first-order valence-corrected chi connectivity index (χ1v) is 15.4. The summed E-state index contributed by atoms with van der Waals surface area (Å²) in [6, 6.07) is 15.7. The summed E-state index contributed by atoms with van der Waals surface area (Å²) in [6.07, 6.45) is -0.479. The topological polar surface area (TPSA) is 199 Å². The van der Waals surface area contributed by atoms with Crippen molar-refractivity contribution in [3.63, 3.8) is 0 Å². The van der Waals surface area contributed by atoms with Gasteiger partial charge in [-0.1, -0.05) is 73.5 Å². The Kier molecular flexibility index (Phi) is 10.2. The molecule has 47 heavy (non-hydrogen) atoms. The smallest absolute Gasteiger partial charge is 0.325 e. The maximum atomic E-state index is 13.4. The Balaban J connectivity index is 1.13. The van der Waals surface area contributed by atoms with Crippen LogP contribution in [0.15, 0.2) is 48.5 Å². The predicted octanol–water partition coefficient (Wildman–Crippen LogP) is 2.59. The largest absolute Gasteiger partial charge is 0.456 e. The maximum absolute atomic E-state index is 13.4. The lowest BCUT2D eigenvalue weighted by Crippen LogP contribution is -2.39. The van der Waals surface area contributed by atoms with Crippen LogP contribution in [-0.4, -0.2) is 102 Å². The minimum absolute atomic E-state index is 0.0109. The number of fused-ring (bicyclic) bond motifs is 1. The number of unbranched alkanes of at least 4 members (excludes halogenated alkanes) is 1. The van der Waals surface area contributed by atoms with Gasteiger partial charge in [0.2, 0.25) is 0 Å². The van der Waals surface area contributed by atoms with Crippen LogP contribution in [0.25, 0.3) is 22.5 Å². The SMILES string of the molecule is CCCCc1nc(Cl)c(C(=O)NCC(=O)OC2CO[C@H]3[C@@H]2OC[C@H]3ON(O)O)n1Cc1ccc(-c2ccccc2-c2nnn[nH]2)cc1. The van der Waals surface area contributed by atoms with Crippen molar-refractivity contribution in [1.82, 2.24) is 40.9 Å². The molecule has 2 aromatic carbocycles. The molecule has 0 spiro atoms. The van der Waals surface area contributed by atoms with Crippen molar-refractivity contribution in [2.45, 2.75) is 57.1 Å². The fraction of sp³-hybridized carbons (Fsp3) is 0.400. The summed E-state index contributed by atoms with van der Waals surface area (Å²) in [6.45, 7) is 1.98. The van der Waals surface area contributed by atoms with Crippen molar-refractivity contribution in [3.8, 4) is 22.5 Å². The molecule has 2 aromatic heterocycles. The molecule has 1 amide bonds. The summed E-state index contributed by atoms with van der Waals surface area (Å²) in [5, 5.41) is 34.3. The highest BCUT2D eigenvalue weighted by atomic mass is 35.5. The van der Waals surface area contributed by atoms with Crippen LogP contribution >= 0.6 is 11.6 Å². The van der Waals surface area contributed by atoms with E-state index in [9.17, 15) is 9.59 Å². The second kappa shape index (κ2) is 14.6. The number of ether oxygens (including phenoxy) is 3. The number of aryl methyl sites for hydroxylation is 1. The van der Waals surface area contributed by atoms with Gasteiger partial charge < -0.3 is 24.1 Å². The van der Waals surface area contributed by atoms with E-state index in [4.69, 9.17) is 41.1 Å². The molecular formula is C30H33ClN8O8. The number of benzene rings is 2. The predicted molar refractivity (Wildman–Crippen MR) is 162 cm³/mol. The van der Waals surface area contributed by atoms with Crippen LogP contribution in [0.5, 0.6) is 0 Å². The van der Waals surface area contributed by atoms with Gasteiger partial charge in [-0.05, 0) is 33.5 Å². The van der Waals surface area contributed by atoms with Crippen molar-refractivity contribution in [2.24, 2.45) is 0 Å². The minimum atomic E-state index is -0.786. The molecule has 4 aromatic rings. The number of nitrogens with zero attached hydrogens (tertiary/aromatic N) is 6. The normalized spacial score (nSPS) is 20.4. The molecule has 2 aliphatic rings. The Bertz CT molecular complexity index is 1680. The molecule has 6 rings (SSSR count). The molecule has 4 N–H and O–H groups in total. The second-order valence-corrected chi connectivity index (χ2v) is 11.4. The van der Waals surface area contributed by atoms with Crippen LogP contribution in [-0.2, 0) is 36.8 Å². The number of esters is 1. The molecule has 2 fully saturated rings. The van der Waals surface area contributed by atoms with Gasteiger partial charge in [0.1, 0.15) is 36.4 Å². The molecule has 0 saturated carbocycles. The van der Waals surface area contributed by atoms with Gasteiger partial charge in [-0.2, -0.15) is 0 Å². The van der Waals surface area contributed by atoms with Gasteiger partial charge in [-0.15, -0.1) is 5.10 Å². The fourth-order valence-electron chi connectivity index (χ4n) is 5.75. The third kappa shape index (κ3) is 7.33. The van der Waals surface area contributed by atoms with E-state index >= 15 is 0 Å². The zero-order valence-corrected chi connectivity index (χ0v) is 26.0. The number of halogens is 1. The van der Waals surface area contributed by atoms with Crippen molar-refractivity contribution in [3.05, 3.63) is 70.8 Å². The quantitative estimate of drug-likeness (QED) is 0.120. The molecular weight excluding hydrogens is 636 g/mol. The third-order valence-electron chi connectivity index (χ3n) is 7.97. The Hall–Kier alpha value is -4.29. The van der Waals surface area contributed by atoms with E-state index in [0.717, 1.165) is 35.1 Å². The molecule has 2 aliphatic heterocycles. The van der Waals surface area contributed by atoms with Crippen LogP contribution in [0.2, 0.25) is 5.15 Å². The number of hydrogen-bond acceptors (Lipinski definition) is 13. The number of aromatic amines is 1. The number of amides is 1. The first kappa shape index (κ1) is 32.6. The molecule has 2 saturated heterocycles. The number of nitrogens with one attached hydrogen (secondary N) is 2. The Morgan fingerprint density at radius 1 is 1.09 bits per heavy atom. The lowest BCUT2D eigenvalue weighted by molar-refractivity contribution is -0.507. The summed E-state index contributed by atoms with van der Waals surface area (Å²) in [5.74, 6) is -0.0706. The molecule has 4 heterocycles. The van der Waals surface area contributed by atoms with E-state index in [1.807, 2.05) is 48.5 Å². The molecule has 0 aliphatic carbocycles. The highest BCUT2D eigenvalue weighted by molar-refractivity contribution is 6.32. The first-order chi connectivity index (χ1) is 22.8. The zero-order valence-electron chi connectivity index (χ0n) is 25.3. The number of imidazole rings is 1. The molecule has 0 bridgehead atoms. The fourth-order valence-corrected chi connectivity index (χ4v) is 6.04. The molecule has 1 unspecified atom stereocenters. The Morgan fingerprint density at radius 3 is 2.51 bits per heavy atom. The number of tetrazole rings is 1. The van der Waals surface area contributed by atoms with E-state index in [2.05, 4.69) is 37.8 Å². The van der Waals surface area contributed by atoms with Gasteiger partial charge >= 0.3 is 5.97 Å². The number of H-pyrrole nitrogens is 1. The second-order valence-electron chi connectivity index (χ2n) is 11.1. The number of aromatic nitrogens is 6. The van der Waals surface area contributed by atoms with Crippen molar-refractivity contribution < 1.29 is 39.1 Å². The van der Waals surface area contributed by atoms with Gasteiger partial charge in [0.15, 0.2) is 17.1 Å². The van der Waals surface area contributed by atoms with Crippen LogP contribution in [0.3, 0.4) is 0 Å². The number of carbonyl (C=O) groups excluding carboxylic acids is 2. The van der Waals surface area contributed by atoms with E-state index in [1.54, 1.807) is 4.57 Å². The molecule has 16 nitrogen and oxygen atoms in total. The lowest BCUT2D eigenvalue weighted by Gasteiger charge is -2.18. The number of hydrogen-bond donors (Lipinski definition) is 4. The van der Waals surface area contributed by atoms with E-state index in [0.29, 0.717) is 24.6 Å². The van der Waals surface area contributed by atoms with Gasteiger partial charge in [-0.25, -0.2) is 14.9 Å². The highest BCUT2D eigenvalue weighted by Gasteiger charge is 2.51. The summed E-state index contributed by atoms with van der Waals surface area (Å²) in [7, 11) is 0. The van der Waals surface area contributed by atoms with Gasteiger partial charge in [0.05, 0.1) is 18.6 Å². The zero-order chi connectivity index (χ0) is 32.9. The Morgan fingerprint density at radius 2 is 1.81 bits per heavy atom. The molecule has 17 heteroatoms. The summed E-state index contributed by atoms with van der Waals surface area (Å²) >= 11 is 6.51. The number of rotatable bonds is 13. The average molecular weight is 669 g/mol. The van der Waals surface area contributed by atoms with E-state index < -0.39 is 48.2 Å². The standard InChI is InChI=1S/C30H33ClN8O8/c1-2-3-8-23-33-28(31)25(30(41)32-13-24(40)46-21-15-44-27-22(47-39(42)43)16-45-26(21)27)38(23)14-17-9-11-18(12-10-17)19-6-4-5-7-20(19)29-34-36-37-35-29/h4-7,9-12,21-22,26-27,42-43H,2-3,8,13-16H2,1H3,(H,32,41)(H,34,35,36,37)/t21?,22-,26-,27-/m1/s1. The molecule has 0 radical (unpaired) electrons. The van der Waals surface area contributed by atoms with Crippen LogP contribution < -0.4 is 5.32 Å². The Labute approximate surface area is 273 Å². The molecule has 248 valence electrons. The monoisotopic (exact) mass is 668 g/mol. The van der Waals surface area contributed by atoms with Gasteiger partial charge in [0, 0.05) is 18.5 Å². The third-order valence-corrected chi connectivity index (χ3v) is 8.24. The van der Waals surface area contributed by atoms with E-state index in [1.165, 1.54) is 0 Å². The van der Waals surface area contributed by atoms with Crippen molar-refractivity contribution in [1.29, 1.82) is 0 Å². The maximum Gasteiger partial charge on any atom is 0.325 e. The first-order valence-electron chi connectivity index (χ1n) is 15.0. The van der Waals surface area contributed by atoms with Crippen LogP contribution in [0, 0.1) is 0 Å². The summed E-state index contributed by atoms with van der Waals surface area (Å²) in [4.78, 5) is 35.4. The number of carbonyl (C=O) groups is 2. The lowest BCUT2D eigenvalue weighted by atomic mass is 9.98. The highest BCUT2D eigenvalue weighted by Crippen LogP contribution is 2.32. The average Bonchev–Trinajstić information content (AvgIpc) is 3.87. The van der Waals surface area contributed by atoms with Crippen LogP contribution in [0.4, 0.5) is 0 Å². The van der Waals surface area contributed by atoms with Crippen LogP contribution in [0.1, 0.15) is 41.6 Å².